The van der Waals surface area contributed by atoms with E-state index in [-0.39, 0.29) is 18.6 Å². The molecule has 1 N–H and O–H groups in total. The number of benzene rings is 1. The van der Waals surface area contributed by atoms with E-state index in [1.54, 1.807) is 25.5 Å². The van der Waals surface area contributed by atoms with Crippen molar-refractivity contribution in [3.63, 3.8) is 0 Å². The Morgan fingerprint density at radius 1 is 1.46 bits per heavy atom. The molecule has 3 rings (SSSR count). The van der Waals surface area contributed by atoms with Crippen LogP contribution in [0, 0.1) is 0 Å². The number of carbonyl (C=O) groups excluding carboxylic acids is 1. The van der Waals surface area contributed by atoms with E-state index in [0.717, 1.165) is 11.0 Å². The highest BCUT2D eigenvalue weighted by atomic mass is 16.5. The minimum absolute atomic E-state index is 0.135. The van der Waals surface area contributed by atoms with Gasteiger partial charge in [0.15, 0.2) is 5.82 Å². The smallest absolute Gasteiger partial charge is 0.254 e. The maximum absolute atomic E-state index is 12.5. The van der Waals surface area contributed by atoms with Crippen LogP contribution in [0.1, 0.15) is 42.0 Å². The number of aromatic nitrogens is 4. The first-order valence-corrected chi connectivity index (χ1v) is 7.71. The van der Waals surface area contributed by atoms with Gasteiger partial charge in [-0.3, -0.25) is 4.79 Å². The van der Waals surface area contributed by atoms with Gasteiger partial charge < -0.3 is 19.1 Å². The molecule has 0 aliphatic rings. The van der Waals surface area contributed by atoms with Crippen LogP contribution < -0.4 is 0 Å². The molecular formula is C16H19N5O3. The average Bonchev–Trinajstić information content (AvgIpc) is 3.22. The summed E-state index contributed by atoms with van der Waals surface area (Å²) in [6.45, 7) is 4.55. The van der Waals surface area contributed by atoms with E-state index in [1.165, 1.54) is 4.90 Å². The second-order valence-corrected chi connectivity index (χ2v) is 5.44. The zero-order chi connectivity index (χ0) is 17.1. The summed E-state index contributed by atoms with van der Waals surface area (Å²) in [6.07, 6.45) is 1.36. The van der Waals surface area contributed by atoms with Gasteiger partial charge in [-0.2, -0.15) is 4.98 Å². The van der Waals surface area contributed by atoms with E-state index in [2.05, 4.69) is 20.1 Å². The summed E-state index contributed by atoms with van der Waals surface area (Å²) in [5.41, 5.74) is 2.21. The van der Waals surface area contributed by atoms with Crippen molar-refractivity contribution in [2.45, 2.75) is 26.5 Å². The highest BCUT2D eigenvalue weighted by Crippen LogP contribution is 2.16. The molecule has 24 heavy (non-hydrogen) atoms. The van der Waals surface area contributed by atoms with Crippen molar-refractivity contribution < 1.29 is 14.1 Å². The molecule has 2 aromatic heterocycles. The summed E-state index contributed by atoms with van der Waals surface area (Å²) in [5, 5.41) is 3.89. The monoisotopic (exact) mass is 329 g/mol. The number of nitrogens with zero attached hydrogens (tertiary/aromatic N) is 4. The van der Waals surface area contributed by atoms with Gasteiger partial charge in [-0.05, 0) is 32.0 Å². The first kappa shape index (κ1) is 16.1. The molecule has 1 atom stereocenters. The largest absolute Gasteiger partial charge is 0.371 e. The summed E-state index contributed by atoms with van der Waals surface area (Å²) in [4.78, 5) is 25.5. The Morgan fingerprint density at radius 2 is 2.29 bits per heavy atom. The summed E-state index contributed by atoms with van der Waals surface area (Å²) in [6, 6.07) is 5.33. The van der Waals surface area contributed by atoms with Crippen LogP contribution in [0.5, 0.6) is 0 Å². The summed E-state index contributed by atoms with van der Waals surface area (Å²) < 4.78 is 10.6. The van der Waals surface area contributed by atoms with Crippen molar-refractivity contribution in [3.8, 4) is 0 Å². The highest BCUT2D eigenvalue weighted by Gasteiger charge is 2.18. The maximum Gasteiger partial charge on any atom is 0.254 e. The van der Waals surface area contributed by atoms with Crippen LogP contribution in [0.2, 0.25) is 0 Å². The summed E-state index contributed by atoms with van der Waals surface area (Å²) >= 11 is 0. The summed E-state index contributed by atoms with van der Waals surface area (Å²) in [7, 11) is 1.69. The SMILES string of the molecule is CCO[C@@H](C)c1noc(CN(C)C(=O)c2ccc3nc[nH]c3c2)n1. The van der Waals surface area contributed by atoms with Gasteiger partial charge in [0.25, 0.3) is 5.91 Å². The van der Waals surface area contributed by atoms with E-state index in [1.807, 2.05) is 19.9 Å². The molecule has 3 aromatic rings. The maximum atomic E-state index is 12.5. The van der Waals surface area contributed by atoms with Gasteiger partial charge in [0.1, 0.15) is 6.10 Å². The molecule has 0 saturated heterocycles. The molecule has 0 spiro atoms. The number of rotatable bonds is 6. The Kier molecular flexibility index (Phi) is 4.57. The Bertz CT molecular complexity index is 841. The quantitative estimate of drug-likeness (QED) is 0.745. The number of hydrogen-bond acceptors (Lipinski definition) is 6. The Hall–Kier alpha value is -2.74. The van der Waals surface area contributed by atoms with Crippen molar-refractivity contribution in [1.82, 2.24) is 25.0 Å². The number of amides is 1. The number of nitrogens with one attached hydrogen (secondary N) is 1. The van der Waals surface area contributed by atoms with Gasteiger partial charge >= 0.3 is 0 Å². The van der Waals surface area contributed by atoms with Crippen molar-refractivity contribution in [2.75, 3.05) is 13.7 Å². The molecule has 0 aliphatic carbocycles. The zero-order valence-electron chi connectivity index (χ0n) is 13.8. The Labute approximate surface area is 138 Å². The number of ether oxygens (including phenoxy) is 1. The third-order valence-electron chi connectivity index (χ3n) is 3.65. The molecule has 8 nitrogen and oxygen atoms in total. The normalized spacial score (nSPS) is 12.5. The second-order valence-electron chi connectivity index (χ2n) is 5.44. The molecular weight excluding hydrogens is 310 g/mol. The number of imidazole rings is 1. The average molecular weight is 329 g/mol. The molecule has 0 aliphatic heterocycles. The first-order chi connectivity index (χ1) is 11.6. The van der Waals surface area contributed by atoms with E-state index in [0.29, 0.717) is 23.9 Å². The fraction of sp³-hybridized carbons (Fsp3) is 0.375. The number of hydrogen-bond donors (Lipinski definition) is 1. The van der Waals surface area contributed by atoms with Gasteiger partial charge in [0, 0.05) is 19.2 Å². The van der Waals surface area contributed by atoms with E-state index in [9.17, 15) is 4.79 Å². The molecule has 0 radical (unpaired) electrons. The summed E-state index contributed by atoms with van der Waals surface area (Å²) in [5.74, 6) is 0.714. The van der Waals surface area contributed by atoms with Gasteiger partial charge in [-0.1, -0.05) is 5.16 Å². The minimum atomic E-state index is -0.240. The van der Waals surface area contributed by atoms with Crippen LogP contribution in [-0.4, -0.2) is 44.6 Å². The first-order valence-electron chi connectivity index (χ1n) is 7.71. The molecule has 8 heteroatoms. The molecule has 0 saturated carbocycles. The number of aromatic amines is 1. The van der Waals surface area contributed by atoms with Crippen molar-refractivity contribution in [2.24, 2.45) is 0 Å². The minimum Gasteiger partial charge on any atom is -0.371 e. The van der Waals surface area contributed by atoms with Gasteiger partial charge in [0.05, 0.1) is 23.9 Å². The van der Waals surface area contributed by atoms with Crippen molar-refractivity contribution in [3.05, 3.63) is 41.8 Å². The zero-order valence-corrected chi connectivity index (χ0v) is 13.8. The number of H-pyrrole nitrogens is 1. The van der Waals surface area contributed by atoms with E-state index < -0.39 is 0 Å². The van der Waals surface area contributed by atoms with Gasteiger partial charge in [-0.15, -0.1) is 0 Å². The molecule has 0 bridgehead atoms. The van der Waals surface area contributed by atoms with Crippen LogP contribution in [0.3, 0.4) is 0 Å². The number of fused-ring (bicyclic) bond motifs is 1. The van der Waals surface area contributed by atoms with Crippen molar-refractivity contribution in [1.29, 1.82) is 0 Å². The molecule has 1 aromatic carbocycles. The lowest BCUT2D eigenvalue weighted by atomic mass is 10.2. The molecule has 126 valence electrons. The molecule has 0 unspecified atom stereocenters. The molecule has 1 amide bonds. The lowest BCUT2D eigenvalue weighted by Gasteiger charge is -2.14. The fourth-order valence-corrected chi connectivity index (χ4v) is 2.39. The highest BCUT2D eigenvalue weighted by molar-refractivity contribution is 5.97. The Morgan fingerprint density at radius 3 is 3.08 bits per heavy atom. The van der Waals surface area contributed by atoms with Crippen LogP contribution in [0.4, 0.5) is 0 Å². The van der Waals surface area contributed by atoms with Crippen LogP contribution in [-0.2, 0) is 11.3 Å². The predicted octanol–water partition coefficient (Wildman–Crippen LogP) is 2.32. The van der Waals surface area contributed by atoms with E-state index in [4.69, 9.17) is 9.26 Å². The lowest BCUT2D eigenvalue weighted by molar-refractivity contribution is 0.0682. The second kappa shape index (κ2) is 6.79. The van der Waals surface area contributed by atoms with Gasteiger partial charge in [0.2, 0.25) is 5.89 Å². The van der Waals surface area contributed by atoms with Crippen LogP contribution in [0.25, 0.3) is 11.0 Å². The third kappa shape index (κ3) is 3.28. The van der Waals surface area contributed by atoms with Gasteiger partial charge in [-0.25, -0.2) is 4.98 Å². The lowest BCUT2D eigenvalue weighted by Crippen LogP contribution is -2.26. The predicted molar refractivity (Wildman–Crippen MR) is 86.2 cm³/mol. The Balaban J connectivity index is 1.69. The third-order valence-corrected chi connectivity index (χ3v) is 3.65. The fourth-order valence-electron chi connectivity index (χ4n) is 2.39. The molecule has 0 fully saturated rings. The van der Waals surface area contributed by atoms with Crippen LogP contribution >= 0.6 is 0 Å². The van der Waals surface area contributed by atoms with Crippen molar-refractivity contribution >= 4 is 16.9 Å². The standard InChI is InChI=1S/C16H19N5O3/c1-4-23-10(2)15-19-14(24-20-15)8-21(3)16(22)11-5-6-12-13(7-11)18-9-17-12/h5-7,9-10H,4,8H2,1-3H3,(H,17,18)/t10-/m0/s1. The topological polar surface area (TPSA) is 97.1 Å². The van der Waals surface area contributed by atoms with Crippen LogP contribution in [0.15, 0.2) is 29.0 Å². The number of carbonyl (C=O) groups is 1. The van der Waals surface area contributed by atoms with E-state index >= 15 is 0 Å². The molecule has 2 heterocycles.